The molecule has 2 bridgehead atoms. The normalized spacial score (nSPS) is 38.9. The Morgan fingerprint density at radius 1 is 1.60 bits per heavy atom. The van der Waals surface area contributed by atoms with Crippen LogP contribution in [0.2, 0.25) is 0 Å². The summed E-state index contributed by atoms with van der Waals surface area (Å²) >= 11 is 0. The summed E-state index contributed by atoms with van der Waals surface area (Å²) in [4.78, 5) is 22.3. The smallest absolute Gasteiger partial charge is 0.162 e. The van der Waals surface area contributed by atoms with Crippen LogP contribution < -0.4 is 0 Å². The topological polar surface area (TPSA) is 34.1 Å². The minimum absolute atomic E-state index is 0.114. The summed E-state index contributed by atoms with van der Waals surface area (Å²) in [6.07, 6.45) is 6.39. The van der Waals surface area contributed by atoms with Gasteiger partial charge in [-0.2, -0.15) is 0 Å². The summed E-state index contributed by atoms with van der Waals surface area (Å²) in [7, 11) is 0. The van der Waals surface area contributed by atoms with Gasteiger partial charge in [0.1, 0.15) is 6.29 Å². The Kier molecular flexibility index (Phi) is 2.37. The second kappa shape index (κ2) is 3.44. The van der Waals surface area contributed by atoms with Crippen molar-refractivity contribution < 1.29 is 9.59 Å². The minimum Gasteiger partial charge on any atom is -0.299 e. The van der Waals surface area contributed by atoms with Crippen molar-refractivity contribution in [2.75, 3.05) is 0 Å². The molecule has 0 aromatic heterocycles. The molecule has 3 unspecified atom stereocenters. The van der Waals surface area contributed by atoms with Gasteiger partial charge in [-0.25, -0.2) is 0 Å². The van der Waals surface area contributed by atoms with Gasteiger partial charge in [-0.3, -0.25) is 9.59 Å². The van der Waals surface area contributed by atoms with Crippen molar-refractivity contribution in [1.29, 1.82) is 0 Å². The maximum atomic E-state index is 12.1. The molecule has 15 heavy (non-hydrogen) atoms. The van der Waals surface area contributed by atoms with Crippen LogP contribution in [0.1, 0.15) is 26.2 Å². The molecule has 3 atom stereocenters. The van der Waals surface area contributed by atoms with Gasteiger partial charge in [-0.1, -0.05) is 19.1 Å². The highest BCUT2D eigenvalue weighted by Gasteiger charge is 2.55. The molecule has 0 saturated heterocycles. The third-order valence-electron chi connectivity index (χ3n) is 4.28. The lowest BCUT2D eigenvalue weighted by molar-refractivity contribution is -0.125. The van der Waals surface area contributed by atoms with E-state index in [1.807, 2.05) is 0 Å². The van der Waals surface area contributed by atoms with Crippen LogP contribution in [-0.4, -0.2) is 12.1 Å². The number of fused-ring (bicyclic) bond motifs is 2. The molecule has 0 heterocycles. The maximum absolute atomic E-state index is 12.1. The molecule has 2 nitrogen and oxygen atoms in total. The lowest BCUT2D eigenvalue weighted by Gasteiger charge is -2.31. The molecule has 0 radical (unpaired) electrons. The average Bonchev–Trinajstić information content (AvgIpc) is 2.77. The zero-order valence-electron chi connectivity index (χ0n) is 9.03. The average molecular weight is 204 g/mol. The first-order chi connectivity index (χ1) is 7.12. The predicted molar refractivity (Wildman–Crippen MR) is 58.3 cm³/mol. The molecule has 2 aliphatic carbocycles. The molecule has 2 rings (SSSR count). The predicted octanol–water partition coefficient (Wildman–Crippen LogP) is 2.30. The molecule has 0 spiro atoms. The first-order valence-corrected chi connectivity index (χ1v) is 5.47. The van der Waals surface area contributed by atoms with E-state index in [2.05, 4.69) is 13.5 Å². The highest BCUT2D eigenvalue weighted by atomic mass is 16.1. The monoisotopic (exact) mass is 204 g/mol. The second-order valence-electron chi connectivity index (χ2n) is 4.75. The van der Waals surface area contributed by atoms with E-state index in [4.69, 9.17) is 0 Å². The summed E-state index contributed by atoms with van der Waals surface area (Å²) in [5, 5.41) is 0. The largest absolute Gasteiger partial charge is 0.299 e. The SMILES string of the molecule is C=C1C2CCC(C(=O)C=CC=O)(C2)C1C. The van der Waals surface area contributed by atoms with Gasteiger partial charge in [0.25, 0.3) is 0 Å². The van der Waals surface area contributed by atoms with Gasteiger partial charge in [0.05, 0.1) is 0 Å². The number of allylic oxidation sites excluding steroid dienone is 3. The van der Waals surface area contributed by atoms with Gasteiger partial charge in [0.15, 0.2) is 5.78 Å². The van der Waals surface area contributed by atoms with Crippen molar-refractivity contribution in [2.45, 2.75) is 26.2 Å². The van der Waals surface area contributed by atoms with Gasteiger partial charge in [0, 0.05) is 5.41 Å². The van der Waals surface area contributed by atoms with Crippen molar-refractivity contribution in [3.05, 3.63) is 24.3 Å². The molecule has 0 amide bonds. The number of rotatable bonds is 3. The Bertz CT molecular complexity index is 354. The molecule has 2 aliphatic rings. The fourth-order valence-electron chi connectivity index (χ4n) is 3.22. The van der Waals surface area contributed by atoms with Gasteiger partial charge >= 0.3 is 0 Å². The van der Waals surface area contributed by atoms with Crippen molar-refractivity contribution >= 4 is 12.1 Å². The summed E-state index contributed by atoms with van der Waals surface area (Å²) < 4.78 is 0. The number of carbonyl (C=O) groups excluding carboxylic acids is 2. The molecule has 0 aromatic rings. The van der Waals surface area contributed by atoms with Gasteiger partial charge in [-0.15, -0.1) is 0 Å². The highest BCUT2D eigenvalue weighted by Crippen LogP contribution is 2.60. The minimum atomic E-state index is -0.235. The third kappa shape index (κ3) is 1.31. The highest BCUT2D eigenvalue weighted by molar-refractivity contribution is 5.98. The lowest BCUT2D eigenvalue weighted by Crippen LogP contribution is -2.32. The number of hydrogen-bond acceptors (Lipinski definition) is 2. The quantitative estimate of drug-likeness (QED) is 0.401. The van der Waals surface area contributed by atoms with Crippen LogP contribution in [0.25, 0.3) is 0 Å². The summed E-state index contributed by atoms with van der Waals surface area (Å²) in [6.45, 7) is 6.17. The van der Waals surface area contributed by atoms with Crippen molar-refractivity contribution in [1.82, 2.24) is 0 Å². The Labute approximate surface area is 90.1 Å². The fourth-order valence-corrected chi connectivity index (χ4v) is 3.22. The Hall–Kier alpha value is -1.18. The van der Waals surface area contributed by atoms with E-state index in [9.17, 15) is 9.59 Å². The van der Waals surface area contributed by atoms with Crippen LogP contribution in [-0.2, 0) is 9.59 Å². The summed E-state index contributed by atoms with van der Waals surface area (Å²) in [6, 6.07) is 0. The lowest BCUT2D eigenvalue weighted by atomic mass is 9.71. The first kappa shape index (κ1) is 10.3. The molecule has 0 N–H and O–H groups in total. The van der Waals surface area contributed by atoms with Crippen molar-refractivity contribution in [3.63, 3.8) is 0 Å². The van der Waals surface area contributed by atoms with Crippen LogP contribution in [0.5, 0.6) is 0 Å². The molecule has 2 heteroatoms. The van der Waals surface area contributed by atoms with Crippen LogP contribution in [0.4, 0.5) is 0 Å². The Morgan fingerprint density at radius 2 is 2.33 bits per heavy atom. The van der Waals surface area contributed by atoms with Crippen LogP contribution >= 0.6 is 0 Å². The van der Waals surface area contributed by atoms with Gasteiger partial charge in [-0.05, 0) is 43.3 Å². The van der Waals surface area contributed by atoms with Crippen molar-refractivity contribution in [2.24, 2.45) is 17.3 Å². The van der Waals surface area contributed by atoms with Crippen LogP contribution in [0.3, 0.4) is 0 Å². The Balaban J connectivity index is 2.27. The zero-order valence-corrected chi connectivity index (χ0v) is 9.03. The molecule has 80 valence electrons. The van der Waals surface area contributed by atoms with E-state index >= 15 is 0 Å². The number of hydrogen-bond donors (Lipinski definition) is 0. The number of ketones is 1. The van der Waals surface area contributed by atoms with E-state index in [1.165, 1.54) is 17.7 Å². The third-order valence-corrected chi connectivity index (χ3v) is 4.28. The second-order valence-corrected chi connectivity index (χ2v) is 4.75. The van der Waals surface area contributed by atoms with Crippen LogP contribution in [0.15, 0.2) is 24.3 Å². The Morgan fingerprint density at radius 3 is 2.87 bits per heavy atom. The maximum Gasteiger partial charge on any atom is 0.162 e. The molecule has 0 aromatic carbocycles. The molecular weight excluding hydrogens is 188 g/mol. The number of aldehydes is 1. The number of carbonyl (C=O) groups is 2. The molecule has 2 fully saturated rings. The van der Waals surface area contributed by atoms with E-state index in [-0.39, 0.29) is 17.1 Å². The molecule has 0 aliphatic heterocycles. The van der Waals surface area contributed by atoms with Gasteiger partial charge < -0.3 is 0 Å². The van der Waals surface area contributed by atoms with E-state index in [0.29, 0.717) is 12.2 Å². The van der Waals surface area contributed by atoms with Crippen molar-refractivity contribution in [3.8, 4) is 0 Å². The molecule has 2 saturated carbocycles. The zero-order chi connectivity index (χ0) is 11.1. The first-order valence-electron chi connectivity index (χ1n) is 5.47. The molecular formula is C13H16O2. The van der Waals surface area contributed by atoms with Gasteiger partial charge in [0.2, 0.25) is 0 Å². The fraction of sp³-hybridized carbons (Fsp3) is 0.538. The summed E-state index contributed by atoms with van der Waals surface area (Å²) in [5.41, 5.74) is 0.996. The van der Waals surface area contributed by atoms with E-state index in [0.717, 1.165) is 19.3 Å². The summed E-state index contributed by atoms with van der Waals surface area (Å²) in [5.74, 6) is 0.928. The van der Waals surface area contributed by atoms with Crippen LogP contribution in [0, 0.1) is 17.3 Å². The van der Waals surface area contributed by atoms with E-state index in [1.54, 1.807) is 0 Å². The van der Waals surface area contributed by atoms with E-state index < -0.39 is 0 Å². The standard InChI is InChI=1S/C13H16O2/c1-9-10(2)13(6-5-11(9)8-13)12(15)4-3-7-14/h3-4,7,10-11H,1,5-6,8H2,2H3.